The van der Waals surface area contributed by atoms with Gasteiger partial charge in [0.05, 0.1) is 12.7 Å². The van der Waals surface area contributed by atoms with Crippen LogP contribution in [0.4, 0.5) is 0 Å². The molecule has 3 N–H and O–H groups in total. The molecule has 18 heavy (non-hydrogen) atoms. The van der Waals surface area contributed by atoms with Crippen LogP contribution in [0.1, 0.15) is 16.1 Å². The Morgan fingerprint density at radius 2 is 2.28 bits per heavy atom. The zero-order valence-electron chi connectivity index (χ0n) is 9.97. The number of aliphatic hydroxyl groups excluding tert-OH is 1. The average Bonchev–Trinajstić information content (AvgIpc) is 2.25. The number of nitrogens with zero attached hydrogens (tertiary/aromatic N) is 1. The Morgan fingerprint density at radius 1 is 1.61 bits per heavy atom. The van der Waals surface area contributed by atoms with Crippen molar-refractivity contribution in [1.29, 1.82) is 0 Å². The van der Waals surface area contributed by atoms with E-state index in [0.29, 0.717) is 0 Å². The summed E-state index contributed by atoms with van der Waals surface area (Å²) in [7, 11) is 1.45. The molecule has 0 radical (unpaired) electrons. The van der Waals surface area contributed by atoms with Gasteiger partial charge in [-0.25, -0.2) is 9.59 Å². The van der Waals surface area contributed by atoms with E-state index in [1.165, 1.54) is 14.0 Å². The highest BCUT2D eigenvalue weighted by molar-refractivity contribution is 7.99. The van der Waals surface area contributed by atoms with Gasteiger partial charge in [0.2, 0.25) is 0 Å². The molecule has 0 aliphatic heterocycles. The highest BCUT2D eigenvalue weighted by atomic mass is 32.2. The molecular formula is C10H14N2O5S. The number of carbonyl (C=O) groups is 1. The topological polar surface area (TPSA) is 113 Å². The molecule has 1 aromatic heterocycles. The quantitative estimate of drug-likeness (QED) is 0.489. The lowest BCUT2D eigenvalue weighted by atomic mass is 10.2. The van der Waals surface area contributed by atoms with Crippen LogP contribution in [0, 0.1) is 6.92 Å². The number of aromatic nitrogens is 2. The van der Waals surface area contributed by atoms with Gasteiger partial charge in [-0.3, -0.25) is 0 Å². The number of aromatic carboxylic acids is 1. The van der Waals surface area contributed by atoms with Crippen LogP contribution in [0.15, 0.2) is 9.82 Å². The van der Waals surface area contributed by atoms with Crippen molar-refractivity contribution in [3.05, 3.63) is 21.7 Å². The van der Waals surface area contributed by atoms with E-state index in [4.69, 9.17) is 9.84 Å². The molecule has 8 heteroatoms. The number of carboxylic acids is 1. The third kappa shape index (κ3) is 3.83. The van der Waals surface area contributed by atoms with Crippen molar-refractivity contribution in [2.45, 2.75) is 18.1 Å². The summed E-state index contributed by atoms with van der Waals surface area (Å²) in [6.45, 7) is 1.62. The van der Waals surface area contributed by atoms with E-state index in [9.17, 15) is 14.7 Å². The zero-order chi connectivity index (χ0) is 13.7. The second kappa shape index (κ2) is 6.53. The van der Waals surface area contributed by atoms with Crippen molar-refractivity contribution in [3.63, 3.8) is 0 Å². The summed E-state index contributed by atoms with van der Waals surface area (Å²) >= 11 is 1.01. The number of carboxylic acid groups (broad SMARTS) is 1. The molecule has 0 fully saturated rings. The number of methoxy groups -OCH3 is 1. The maximum atomic E-state index is 11.2. The van der Waals surface area contributed by atoms with Gasteiger partial charge in [0.25, 0.3) is 0 Å². The first-order valence-electron chi connectivity index (χ1n) is 5.09. The number of H-pyrrole nitrogens is 1. The fourth-order valence-electron chi connectivity index (χ4n) is 1.33. The van der Waals surface area contributed by atoms with Crippen LogP contribution in [0.2, 0.25) is 0 Å². The second-order valence-corrected chi connectivity index (χ2v) is 4.58. The summed E-state index contributed by atoms with van der Waals surface area (Å²) in [5.41, 5.74) is -0.420. The number of aliphatic hydroxyl groups is 1. The molecule has 7 nitrogen and oxygen atoms in total. The number of aryl methyl sites for hydroxylation is 1. The Morgan fingerprint density at radius 3 is 2.83 bits per heavy atom. The molecule has 1 heterocycles. The van der Waals surface area contributed by atoms with Gasteiger partial charge in [-0.2, -0.15) is 4.98 Å². The van der Waals surface area contributed by atoms with Crippen molar-refractivity contribution in [2.24, 2.45) is 0 Å². The van der Waals surface area contributed by atoms with Gasteiger partial charge in [-0.1, -0.05) is 0 Å². The molecule has 0 saturated carbocycles. The van der Waals surface area contributed by atoms with E-state index in [-0.39, 0.29) is 28.6 Å². The van der Waals surface area contributed by atoms with Gasteiger partial charge in [-0.05, 0) is 6.92 Å². The Bertz CT molecular complexity index is 488. The summed E-state index contributed by atoms with van der Waals surface area (Å²) in [4.78, 5) is 28.2. The number of hydrogen-bond acceptors (Lipinski definition) is 6. The summed E-state index contributed by atoms with van der Waals surface area (Å²) in [6, 6.07) is 0. The average molecular weight is 274 g/mol. The lowest BCUT2D eigenvalue weighted by molar-refractivity contribution is 0.0690. The molecule has 1 aromatic rings. The highest BCUT2D eigenvalue weighted by Gasteiger charge is 2.18. The third-order valence-corrected chi connectivity index (χ3v) is 3.19. The number of hydrogen-bond donors (Lipinski definition) is 3. The minimum Gasteiger partial charge on any atom is -0.478 e. The molecule has 0 amide bonds. The van der Waals surface area contributed by atoms with Crippen LogP contribution in [0.25, 0.3) is 0 Å². The van der Waals surface area contributed by atoms with Crippen LogP contribution in [-0.2, 0) is 4.74 Å². The van der Waals surface area contributed by atoms with E-state index in [1.54, 1.807) is 0 Å². The first-order valence-corrected chi connectivity index (χ1v) is 6.08. The highest BCUT2D eigenvalue weighted by Crippen LogP contribution is 2.21. The maximum absolute atomic E-state index is 11.2. The largest absolute Gasteiger partial charge is 0.478 e. The predicted molar refractivity (Wildman–Crippen MR) is 65.2 cm³/mol. The number of ether oxygens (including phenoxy) is 1. The van der Waals surface area contributed by atoms with Crippen molar-refractivity contribution in [3.8, 4) is 0 Å². The van der Waals surface area contributed by atoms with Crippen molar-refractivity contribution in [2.75, 3.05) is 19.5 Å². The van der Waals surface area contributed by atoms with Gasteiger partial charge < -0.3 is 19.9 Å². The minimum atomic E-state index is -1.17. The fourth-order valence-corrected chi connectivity index (χ4v) is 2.31. The SMILES string of the molecule is COCC(O)CSc1nc(=O)[nH]c(C)c1C(=O)O. The molecule has 0 spiro atoms. The Balaban J connectivity index is 2.93. The summed E-state index contributed by atoms with van der Waals surface area (Å²) in [6.07, 6.45) is -0.747. The predicted octanol–water partition coefficient (Wildman–Crippen LogP) is -0.124. The normalized spacial score (nSPS) is 12.4. The monoisotopic (exact) mass is 274 g/mol. The van der Waals surface area contributed by atoms with E-state index >= 15 is 0 Å². The Kier molecular flexibility index (Phi) is 5.32. The second-order valence-electron chi connectivity index (χ2n) is 3.57. The van der Waals surface area contributed by atoms with Crippen molar-refractivity contribution < 1.29 is 19.7 Å². The number of nitrogens with one attached hydrogen (secondary N) is 1. The maximum Gasteiger partial charge on any atom is 0.346 e. The van der Waals surface area contributed by atoms with Gasteiger partial charge in [-0.15, -0.1) is 11.8 Å². The molecule has 1 rings (SSSR count). The van der Waals surface area contributed by atoms with Gasteiger partial charge in [0.1, 0.15) is 10.6 Å². The minimum absolute atomic E-state index is 0.0517. The molecule has 0 aromatic carbocycles. The van der Waals surface area contributed by atoms with Crippen molar-refractivity contribution in [1.82, 2.24) is 9.97 Å². The fraction of sp³-hybridized carbons (Fsp3) is 0.500. The molecule has 0 bridgehead atoms. The van der Waals surface area contributed by atoms with Crippen LogP contribution in [0.5, 0.6) is 0 Å². The molecular weight excluding hydrogens is 260 g/mol. The molecule has 0 aliphatic carbocycles. The summed E-state index contributed by atoms with van der Waals surface area (Å²) in [5.74, 6) is -0.968. The summed E-state index contributed by atoms with van der Waals surface area (Å²) < 4.78 is 4.75. The van der Waals surface area contributed by atoms with Gasteiger partial charge in [0.15, 0.2) is 0 Å². The third-order valence-electron chi connectivity index (χ3n) is 2.07. The van der Waals surface area contributed by atoms with Crippen LogP contribution in [-0.4, -0.2) is 51.7 Å². The molecule has 0 aliphatic rings. The molecule has 1 atom stereocenters. The zero-order valence-corrected chi connectivity index (χ0v) is 10.8. The van der Waals surface area contributed by atoms with Crippen LogP contribution in [0.3, 0.4) is 0 Å². The standard InChI is InChI=1S/C10H14N2O5S/c1-5-7(9(14)15)8(12-10(16)11-5)18-4-6(13)3-17-2/h6,13H,3-4H2,1-2H3,(H,14,15)(H,11,12,16). The van der Waals surface area contributed by atoms with Gasteiger partial charge in [0, 0.05) is 18.6 Å². The Labute approximate surface area is 107 Å². The molecule has 0 saturated heterocycles. The van der Waals surface area contributed by atoms with Crippen molar-refractivity contribution >= 4 is 17.7 Å². The first-order chi connectivity index (χ1) is 8.45. The summed E-state index contributed by atoms with van der Waals surface area (Å²) in [5, 5.41) is 18.6. The van der Waals surface area contributed by atoms with E-state index in [1.807, 2.05) is 0 Å². The lowest BCUT2D eigenvalue weighted by Crippen LogP contribution is -2.20. The molecule has 1 unspecified atom stereocenters. The van der Waals surface area contributed by atoms with Gasteiger partial charge >= 0.3 is 11.7 Å². The first kappa shape index (κ1) is 14.7. The number of thioether (sulfide) groups is 1. The Hall–Kier alpha value is -1.38. The van der Waals surface area contributed by atoms with E-state index < -0.39 is 17.8 Å². The number of rotatable bonds is 6. The van der Waals surface area contributed by atoms with Crippen LogP contribution >= 0.6 is 11.8 Å². The lowest BCUT2D eigenvalue weighted by Gasteiger charge is -2.10. The van der Waals surface area contributed by atoms with Crippen LogP contribution < -0.4 is 5.69 Å². The molecule has 100 valence electrons. The van der Waals surface area contributed by atoms with E-state index in [0.717, 1.165) is 11.8 Å². The number of aromatic amines is 1. The smallest absolute Gasteiger partial charge is 0.346 e. The van der Waals surface area contributed by atoms with E-state index in [2.05, 4.69) is 9.97 Å².